The topological polar surface area (TPSA) is 78.9 Å². The molecule has 0 saturated heterocycles. The van der Waals surface area contributed by atoms with E-state index < -0.39 is 6.10 Å². The average molecular weight is 837 g/mol. The highest BCUT2D eigenvalue weighted by atomic mass is 16.6. The van der Waals surface area contributed by atoms with Gasteiger partial charge < -0.3 is 14.2 Å². The Kier molecular flexibility index (Phi) is 46.0. The maximum absolute atomic E-state index is 12.8. The van der Waals surface area contributed by atoms with Crippen LogP contribution in [0.2, 0.25) is 0 Å². The first-order valence-corrected chi connectivity index (χ1v) is 24.9. The number of allylic oxidation sites excluding steroid dienone is 12. The van der Waals surface area contributed by atoms with Gasteiger partial charge in [-0.25, -0.2) is 0 Å². The third-order valence-electron chi connectivity index (χ3n) is 10.4. The summed E-state index contributed by atoms with van der Waals surface area (Å²) in [6.45, 7) is 6.46. The zero-order chi connectivity index (χ0) is 43.7. The van der Waals surface area contributed by atoms with Crippen molar-refractivity contribution in [3.05, 3.63) is 72.9 Å². The molecule has 0 aromatic rings. The summed E-state index contributed by atoms with van der Waals surface area (Å²) in [6, 6.07) is 0. The number of ether oxygens (including phenoxy) is 3. The van der Waals surface area contributed by atoms with E-state index in [9.17, 15) is 14.4 Å². The molecule has 0 radical (unpaired) electrons. The zero-order valence-corrected chi connectivity index (χ0v) is 39.2. The molecule has 0 rings (SSSR count). The van der Waals surface area contributed by atoms with Crippen LogP contribution < -0.4 is 0 Å². The molecule has 0 saturated carbocycles. The van der Waals surface area contributed by atoms with Crippen molar-refractivity contribution in [3.8, 4) is 0 Å². The Morgan fingerprint density at radius 3 is 1.03 bits per heavy atom. The lowest BCUT2D eigenvalue weighted by Gasteiger charge is -2.18. The summed E-state index contributed by atoms with van der Waals surface area (Å²) >= 11 is 0. The standard InChI is InChI=1S/C54H92O6/c1-4-7-10-13-16-19-22-25-27-30-32-35-38-41-44-47-53(56)59-50-51(49-58-52(55)46-43-40-37-34-31-28-24-21-18-15-12-9-6-3)60-54(57)48-45-42-39-36-33-29-26-23-20-17-14-11-8-5-2/h12,14-17,19,21,23-27,51H,4-11,13,18,20,22,28-50H2,1-3H3/b15-12-,17-14-,19-16-,24-21-,26-23-,27-25-. The van der Waals surface area contributed by atoms with Gasteiger partial charge in [-0.15, -0.1) is 0 Å². The van der Waals surface area contributed by atoms with Crippen LogP contribution in [0.1, 0.15) is 233 Å². The molecule has 0 aliphatic rings. The van der Waals surface area contributed by atoms with Crippen molar-refractivity contribution in [2.24, 2.45) is 0 Å². The summed E-state index contributed by atoms with van der Waals surface area (Å²) in [5, 5.41) is 0. The Labute approximate surface area is 370 Å². The number of hydrogen-bond acceptors (Lipinski definition) is 6. The van der Waals surface area contributed by atoms with Crippen molar-refractivity contribution >= 4 is 17.9 Å². The molecule has 344 valence electrons. The van der Waals surface area contributed by atoms with Crippen LogP contribution in [-0.4, -0.2) is 37.2 Å². The highest BCUT2D eigenvalue weighted by molar-refractivity contribution is 5.71. The monoisotopic (exact) mass is 837 g/mol. The van der Waals surface area contributed by atoms with Crippen molar-refractivity contribution in [2.45, 2.75) is 239 Å². The molecular formula is C54H92O6. The van der Waals surface area contributed by atoms with Gasteiger partial charge in [-0.1, -0.05) is 184 Å². The van der Waals surface area contributed by atoms with Crippen LogP contribution in [0.5, 0.6) is 0 Å². The van der Waals surface area contributed by atoms with E-state index in [-0.39, 0.29) is 31.1 Å². The molecule has 6 heteroatoms. The molecule has 0 fully saturated rings. The van der Waals surface area contributed by atoms with E-state index in [1.807, 2.05) is 0 Å². The Morgan fingerprint density at radius 2 is 0.650 bits per heavy atom. The van der Waals surface area contributed by atoms with E-state index in [0.29, 0.717) is 19.3 Å². The molecule has 1 unspecified atom stereocenters. The highest BCUT2D eigenvalue weighted by Crippen LogP contribution is 2.13. The van der Waals surface area contributed by atoms with Crippen LogP contribution in [0, 0.1) is 0 Å². The van der Waals surface area contributed by atoms with Crippen molar-refractivity contribution in [3.63, 3.8) is 0 Å². The molecule has 0 heterocycles. The summed E-state index contributed by atoms with van der Waals surface area (Å²) in [4.78, 5) is 37.9. The summed E-state index contributed by atoms with van der Waals surface area (Å²) in [5.74, 6) is -0.936. The first kappa shape index (κ1) is 56.9. The third-order valence-corrected chi connectivity index (χ3v) is 10.4. The zero-order valence-electron chi connectivity index (χ0n) is 39.2. The van der Waals surface area contributed by atoms with E-state index in [0.717, 1.165) is 141 Å². The summed E-state index contributed by atoms with van der Waals surface area (Å²) in [6.07, 6.45) is 60.2. The minimum atomic E-state index is -0.793. The van der Waals surface area contributed by atoms with E-state index in [1.54, 1.807) is 0 Å². The predicted octanol–water partition coefficient (Wildman–Crippen LogP) is 16.3. The summed E-state index contributed by atoms with van der Waals surface area (Å²) in [7, 11) is 0. The molecule has 0 N–H and O–H groups in total. The largest absolute Gasteiger partial charge is 0.462 e. The van der Waals surface area contributed by atoms with Crippen molar-refractivity contribution in [1.29, 1.82) is 0 Å². The Balaban J connectivity index is 4.45. The van der Waals surface area contributed by atoms with Crippen LogP contribution in [0.15, 0.2) is 72.9 Å². The molecule has 60 heavy (non-hydrogen) atoms. The fourth-order valence-corrected chi connectivity index (χ4v) is 6.58. The number of hydrogen-bond donors (Lipinski definition) is 0. The lowest BCUT2D eigenvalue weighted by Crippen LogP contribution is -2.30. The first-order chi connectivity index (χ1) is 29.5. The van der Waals surface area contributed by atoms with Crippen LogP contribution in [0.4, 0.5) is 0 Å². The van der Waals surface area contributed by atoms with Crippen molar-refractivity contribution in [2.75, 3.05) is 13.2 Å². The smallest absolute Gasteiger partial charge is 0.306 e. The van der Waals surface area contributed by atoms with Gasteiger partial charge in [0.25, 0.3) is 0 Å². The fraction of sp³-hybridized carbons (Fsp3) is 0.722. The van der Waals surface area contributed by atoms with Gasteiger partial charge in [-0.3, -0.25) is 14.4 Å². The average Bonchev–Trinajstić information content (AvgIpc) is 3.24. The molecule has 0 amide bonds. The number of esters is 3. The fourth-order valence-electron chi connectivity index (χ4n) is 6.58. The van der Waals surface area contributed by atoms with Gasteiger partial charge in [0, 0.05) is 19.3 Å². The molecule has 0 aliphatic carbocycles. The summed E-state index contributed by atoms with van der Waals surface area (Å²) in [5.41, 5.74) is 0. The SMILES string of the molecule is CCC/C=C\C/C=C\CCCCCCCC(=O)OCC(COC(=O)CCCCCCC/C=C\C/C=C\CCCCC)OC(=O)CCCCCCC/C=C\C/C=C\CCCC. The van der Waals surface area contributed by atoms with Gasteiger partial charge in [0.15, 0.2) is 6.10 Å². The second-order valence-electron chi connectivity index (χ2n) is 16.4. The first-order valence-electron chi connectivity index (χ1n) is 24.9. The lowest BCUT2D eigenvalue weighted by atomic mass is 10.1. The van der Waals surface area contributed by atoms with Gasteiger partial charge in [0.2, 0.25) is 0 Å². The molecule has 0 aliphatic heterocycles. The normalized spacial score (nSPS) is 12.7. The second kappa shape index (κ2) is 48.5. The number of carbonyl (C=O) groups excluding carboxylic acids is 3. The molecule has 1 atom stereocenters. The van der Waals surface area contributed by atoms with Crippen molar-refractivity contribution in [1.82, 2.24) is 0 Å². The van der Waals surface area contributed by atoms with Gasteiger partial charge >= 0.3 is 17.9 Å². The Hall–Kier alpha value is -3.15. The lowest BCUT2D eigenvalue weighted by molar-refractivity contribution is -0.167. The predicted molar refractivity (Wildman–Crippen MR) is 256 cm³/mol. The maximum atomic E-state index is 12.8. The second-order valence-corrected chi connectivity index (χ2v) is 16.4. The van der Waals surface area contributed by atoms with E-state index in [4.69, 9.17) is 14.2 Å². The number of rotatable bonds is 44. The van der Waals surface area contributed by atoms with Crippen LogP contribution in [0.3, 0.4) is 0 Å². The Bertz CT molecular complexity index is 1140. The molecule has 6 nitrogen and oxygen atoms in total. The van der Waals surface area contributed by atoms with Crippen molar-refractivity contribution < 1.29 is 28.6 Å². The molecule has 0 bridgehead atoms. The molecule has 0 spiro atoms. The molecular weight excluding hydrogens is 745 g/mol. The van der Waals surface area contributed by atoms with Crippen LogP contribution >= 0.6 is 0 Å². The van der Waals surface area contributed by atoms with Crippen LogP contribution in [-0.2, 0) is 28.6 Å². The molecule has 0 aromatic heterocycles. The minimum Gasteiger partial charge on any atom is -0.462 e. The summed E-state index contributed by atoms with van der Waals surface area (Å²) < 4.78 is 16.7. The van der Waals surface area contributed by atoms with Crippen LogP contribution in [0.25, 0.3) is 0 Å². The van der Waals surface area contributed by atoms with Gasteiger partial charge in [-0.2, -0.15) is 0 Å². The van der Waals surface area contributed by atoms with Gasteiger partial charge in [0.1, 0.15) is 13.2 Å². The minimum absolute atomic E-state index is 0.0936. The number of unbranched alkanes of at least 4 members (excludes halogenated alkanes) is 21. The Morgan fingerprint density at radius 1 is 0.333 bits per heavy atom. The van der Waals surface area contributed by atoms with E-state index in [2.05, 4.69) is 93.7 Å². The van der Waals surface area contributed by atoms with E-state index in [1.165, 1.54) is 51.4 Å². The van der Waals surface area contributed by atoms with Gasteiger partial charge in [0.05, 0.1) is 0 Å². The maximum Gasteiger partial charge on any atom is 0.306 e. The highest BCUT2D eigenvalue weighted by Gasteiger charge is 2.19. The third kappa shape index (κ3) is 45.9. The van der Waals surface area contributed by atoms with Gasteiger partial charge in [-0.05, 0) is 103 Å². The van der Waals surface area contributed by atoms with E-state index >= 15 is 0 Å². The molecule has 0 aromatic carbocycles. The number of carbonyl (C=O) groups is 3. The quantitative estimate of drug-likeness (QED) is 0.0263.